The van der Waals surface area contributed by atoms with E-state index in [4.69, 9.17) is 21.7 Å². The lowest BCUT2D eigenvalue weighted by Gasteiger charge is -2.10. The summed E-state index contributed by atoms with van der Waals surface area (Å²) in [5.41, 5.74) is 0.302. The molecule has 0 bridgehead atoms. The van der Waals surface area contributed by atoms with Crippen molar-refractivity contribution in [3.63, 3.8) is 0 Å². The third-order valence-electron chi connectivity index (χ3n) is 3.56. The molecule has 1 heterocycles. The number of nitro groups is 1. The molecule has 26 heavy (non-hydrogen) atoms. The summed E-state index contributed by atoms with van der Waals surface area (Å²) in [6, 6.07) is 3.00. The zero-order valence-electron chi connectivity index (χ0n) is 14.9. The van der Waals surface area contributed by atoms with Crippen LogP contribution in [0.3, 0.4) is 0 Å². The average Bonchev–Trinajstić information content (AvgIpc) is 2.98. The van der Waals surface area contributed by atoms with Crippen LogP contribution in [-0.2, 0) is 6.42 Å². The molecule has 0 spiro atoms. The van der Waals surface area contributed by atoms with E-state index in [2.05, 4.69) is 22.2 Å². The molecule has 0 atom stereocenters. The summed E-state index contributed by atoms with van der Waals surface area (Å²) in [7, 11) is 1.43. The highest BCUT2D eigenvalue weighted by atomic mass is 32.1. The molecule has 1 N–H and O–H groups in total. The van der Waals surface area contributed by atoms with Crippen molar-refractivity contribution in [3.8, 4) is 11.5 Å². The second kappa shape index (κ2) is 9.09. The number of nitrogens with zero attached hydrogens (tertiary/aromatic N) is 4. The molecule has 0 unspecified atom stereocenters. The predicted molar refractivity (Wildman–Crippen MR) is 99.8 cm³/mol. The molecule has 140 valence electrons. The predicted octanol–water partition coefficient (Wildman–Crippen LogP) is 3.48. The minimum absolute atomic E-state index is 0.0979. The Balaban J connectivity index is 2.42. The topological polar surface area (TPSA) is 108 Å². The number of H-pyrrole nitrogens is 1. The number of aromatic nitrogens is 3. The third kappa shape index (κ3) is 4.45. The number of aromatic amines is 1. The molecule has 0 amide bonds. The van der Waals surface area contributed by atoms with Gasteiger partial charge in [-0.2, -0.15) is 14.9 Å². The number of hydrogen-bond donors (Lipinski definition) is 1. The van der Waals surface area contributed by atoms with Gasteiger partial charge in [0.15, 0.2) is 11.6 Å². The molecular weight excluding hydrogens is 358 g/mol. The number of methoxy groups -OCH3 is 1. The monoisotopic (exact) mass is 379 g/mol. The van der Waals surface area contributed by atoms with E-state index in [0.29, 0.717) is 16.2 Å². The summed E-state index contributed by atoms with van der Waals surface area (Å²) in [4.78, 5) is 10.9. The van der Waals surface area contributed by atoms with Crippen molar-refractivity contribution < 1.29 is 14.4 Å². The fourth-order valence-corrected chi connectivity index (χ4v) is 2.52. The first-order valence-corrected chi connectivity index (χ1v) is 8.62. The molecule has 0 aliphatic rings. The SMILES string of the molecule is CCCCc1n[nH]c(=S)n1/N=C\c1cc(OC)c(OCC)c([N+](=O)[O-])c1. The Bertz CT molecular complexity index is 859. The minimum Gasteiger partial charge on any atom is -0.493 e. The second-order valence-electron chi connectivity index (χ2n) is 5.37. The molecule has 2 rings (SSSR count). The van der Waals surface area contributed by atoms with Crippen molar-refractivity contribution in [2.24, 2.45) is 5.10 Å². The lowest BCUT2D eigenvalue weighted by molar-refractivity contribution is -0.385. The van der Waals surface area contributed by atoms with Gasteiger partial charge in [-0.1, -0.05) is 13.3 Å². The quantitative estimate of drug-likeness (QED) is 0.309. The summed E-state index contributed by atoms with van der Waals surface area (Å²) in [5, 5.41) is 22.6. The van der Waals surface area contributed by atoms with Gasteiger partial charge in [-0.25, -0.2) is 0 Å². The van der Waals surface area contributed by atoms with E-state index >= 15 is 0 Å². The van der Waals surface area contributed by atoms with Gasteiger partial charge in [0, 0.05) is 18.1 Å². The number of unbranched alkanes of at least 4 members (excludes halogenated alkanes) is 1. The van der Waals surface area contributed by atoms with Gasteiger partial charge in [-0.3, -0.25) is 15.2 Å². The Kier molecular flexibility index (Phi) is 6.84. The van der Waals surface area contributed by atoms with Crippen LogP contribution in [0.5, 0.6) is 11.5 Å². The van der Waals surface area contributed by atoms with Crippen molar-refractivity contribution in [1.29, 1.82) is 0 Å². The van der Waals surface area contributed by atoms with E-state index in [1.807, 2.05) is 0 Å². The van der Waals surface area contributed by atoms with E-state index in [9.17, 15) is 10.1 Å². The summed E-state index contributed by atoms with van der Waals surface area (Å²) in [6.45, 7) is 4.12. The van der Waals surface area contributed by atoms with Crippen molar-refractivity contribution >= 4 is 24.1 Å². The van der Waals surface area contributed by atoms with Crippen LogP contribution in [0.1, 0.15) is 38.1 Å². The van der Waals surface area contributed by atoms with Gasteiger partial charge in [0.1, 0.15) is 0 Å². The van der Waals surface area contributed by atoms with Gasteiger partial charge in [0.05, 0.1) is 24.9 Å². The maximum Gasteiger partial charge on any atom is 0.315 e. The second-order valence-corrected chi connectivity index (χ2v) is 5.75. The summed E-state index contributed by atoms with van der Waals surface area (Å²) in [5.74, 6) is 1.07. The lowest BCUT2D eigenvalue weighted by atomic mass is 10.2. The third-order valence-corrected chi connectivity index (χ3v) is 3.82. The van der Waals surface area contributed by atoms with E-state index in [1.54, 1.807) is 13.0 Å². The lowest BCUT2D eigenvalue weighted by Crippen LogP contribution is -2.02. The molecule has 10 heteroatoms. The molecule has 1 aromatic heterocycles. The van der Waals surface area contributed by atoms with Crippen LogP contribution in [0.2, 0.25) is 0 Å². The van der Waals surface area contributed by atoms with Crippen LogP contribution in [0.15, 0.2) is 17.2 Å². The van der Waals surface area contributed by atoms with Gasteiger partial charge in [-0.15, -0.1) is 0 Å². The van der Waals surface area contributed by atoms with Crippen LogP contribution in [0.4, 0.5) is 5.69 Å². The Labute approximate surface area is 155 Å². The molecule has 0 aliphatic carbocycles. The van der Waals surface area contributed by atoms with Crippen molar-refractivity contribution in [1.82, 2.24) is 14.9 Å². The molecule has 0 saturated heterocycles. The molecule has 0 aliphatic heterocycles. The van der Waals surface area contributed by atoms with Crippen molar-refractivity contribution in [3.05, 3.63) is 38.4 Å². The first-order chi connectivity index (χ1) is 12.5. The zero-order valence-corrected chi connectivity index (χ0v) is 15.7. The Morgan fingerprint density at radius 2 is 2.23 bits per heavy atom. The van der Waals surface area contributed by atoms with Crippen LogP contribution < -0.4 is 9.47 Å². The van der Waals surface area contributed by atoms with E-state index in [-0.39, 0.29) is 23.8 Å². The van der Waals surface area contributed by atoms with E-state index in [1.165, 1.54) is 24.1 Å². The van der Waals surface area contributed by atoms with Crippen LogP contribution in [0.25, 0.3) is 0 Å². The first-order valence-electron chi connectivity index (χ1n) is 8.21. The largest absolute Gasteiger partial charge is 0.493 e. The maximum atomic E-state index is 11.4. The summed E-state index contributed by atoms with van der Waals surface area (Å²) < 4.78 is 12.5. The fraction of sp³-hybridized carbons (Fsp3) is 0.438. The number of benzene rings is 1. The number of rotatable bonds is 9. The number of nitro benzene ring substituents is 1. The molecule has 2 aromatic rings. The minimum atomic E-state index is -0.513. The van der Waals surface area contributed by atoms with Gasteiger partial charge in [-0.05, 0) is 31.6 Å². The number of ether oxygens (including phenoxy) is 2. The van der Waals surface area contributed by atoms with Gasteiger partial charge in [0.2, 0.25) is 10.5 Å². The maximum absolute atomic E-state index is 11.4. The Hall–Kier alpha value is -2.75. The van der Waals surface area contributed by atoms with Gasteiger partial charge in [0.25, 0.3) is 0 Å². The normalized spacial score (nSPS) is 11.0. The average molecular weight is 379 g/mol. The van der Waals surface area contributed by atoms with Crippen LogP contribution >= 0.6 is 12.2 Å². The Morgan fingerprint density at radius 1 is 1.46 bits per heavy atom. The first kappa shape index (κ1) is 19.6. The number of hydrogen-bond acceptors (Lipinski definition) is 7. The highest BCUT2D eigenvalue weighted by Gasteiger charge is 2.21. The molecule has 9 nitrogen and oxygen atoms in total. The zero-order chi connectivity index (χ0) is 19.1. The smallest absolute Gasteiger partial charge is 0.315 e. The van der Waals surface area contributed by atoms with Crippen molar-refractivity contribution in [2.75, 3.05) is 13.7 Å². The molecule has 1 aromatic carbocycles. The van der Waals surface area contributed by atoms with Gasteiger partial charge < -0.3 is 9.47 Å². The highest BCUT2D eigenvalue weighted by Crippen LogP contribution is 2.37. The Morgan fingerprint density at radius 3 is 2.85 bits per heavy atom. The van der Waals surface area contributed by atoms with E-state index in [0.717, 1.165) is 19.3 Å². The summed E-state index contributed by atoms with van der Waals surface area (Å²) >= 11 is 5.19. The number of aryl methyl sites for hydroxylation is 1. The van der Waals surface area contributed by atoms with E-state index < -0.39 is 4.92 Å². The van der Waals surface area contributed by atoms with Gasteiger partial charge >= 0.3 is 5.69 Å². The summed E-state index contributed by atoms with van der Waals surface area (Å²) in [6.07, 6.45) is 4.18. The molecule has 0 fully saturated rings. The standard InChI is InChI=1S/C16H21N5O4S/c1-4-6-7-14-18-19-16(26)20(14)17-10-11-8-12(21(22)23)15(25-5-2)13(9-11)24-3/h8-10H,4-7H2,1-3H3,(H,19,26)/b17-10-. The molecular formula is C16H21N5O4S. The molecule has 0 saturated carbocycles. The fourth-order valence-electron chi connectivity index (χ4n) is 2.32. The van der Waals surface area contributed by atoms with Crippen LogP contribution in [-0.4, -0.2) is 39.7 Å². The highest BCUT2D eigenvalue weighted by molar-refractivity contribution is 7.71. The van der Waals surface area contributed by atoms with Crippen molar-refractivity contribution in [2.45, 2.75) is 33.1 Å². The molecule has 0 radical (unpaired) electrons. The van der Waals surface area contributed by atoms with Crippen LogP contribution in [0, 0.1) is 14.9 Å². The number of nitrogens with one attached hydrogen (secondary N) is 1.